The summed E-state index contributed by atoms with van der Waals surface area (Å²) in [6, 6.07) is 13.3. The lowest BCUT2D eigenvalue weighted by atomic mass is 9.86. The van der Waals surface area contributed by atoms with E-state index in [-0.39, 0.29) is 11.3 Å². The fraction of sp³-hybridized carbons (Fsp3) is 0.409. The Labute approximate surface area is 166 Å². The van der Waals surface area contributed by atoms with Crippen molar-refractivity contribution >= 4 is 17.5 Å². The topological polar surface area (TPSA) is 47.6 Å². The highest BCUT2D eigenvalue weighted by atomic mass is 35.5. The summed E-state index contributed by atoms with van der Waals surface area (Å²) in [6.45, 7) is 10.9. The molecule has 0 aliphatic carbocycles. The van der Waals surface area contributed by atoms with E-state index in [1.807, 2.05) is 31.2 Å². The monoisotopic (exact) mass is 389 g/mol. The molecule has 0 fully saturated rings. The standard InChI is InChI=1S/C22H28ClNO3/c1-15-14-17(10-11-19(15)23)27-16(2)21(25)24-12-13-26-20-9-7-6-8-18(20)22(3,4)5/h6-11,14,16H,12-13H2,1-5H3,(H,24,25)/t16-/m1/s1. The largest absolute Gasteiger partial charge is 0.491 e. The zero-order valence-electron chi connectivity index (χ0n) is 16.6. The lowest BCUT2D eigenvalue weighted by Crippen LogP contribution is -2.38. The predicted octanol–water partition coefficient (Wildman–Crippen LogP) is 4.91. The number of amides is 1. The number of carbonyl (C=O) groups is 1. The molecule has 0 radical (unpaired) electrons. The average molecular weight is 390 g/mol. The number of aryl methyl sites for hydroxylation is 1. The highest BCUT2D eigenvalue weighted by molar-refractivity contribution is 6.31. The van der Waals surface area contributed by atoms with Crippen LogP contribution < -0.4 is 14.8 Å². The third-order valence-corrected chi connectivity index (χ3v) is 4.59. The van der Waals surface area contributed by atoms with Crippen molar-refractivity contribution in [3.63, 3.8) is 0 Å². The number of para-hydroxylation sites is 1. The molecule has 4 nitrogen and oxygen atoms in total. The minimum absolute atomic E-state index is 0.00108. The van der Waals surface area contributed by atoms with Crippen molar-refractivity contribution in [1.82, 2.24) is 5.32 Å². The minimum Gasteiger partial charge on any atom is -0.491 e. The van der Waals surface area contributed by atoms with E-state index in [1.54, 1.807) is 19.1 Å². The second-order valence-electron chi connectivity index (χ2n) is 7.56. The van der Waals surface area contributed by atoms with Crippen molar-refractivity contribution in [2.45, 2.75) is 46.1 Å². The fourth-order valence-corrected chi connectivity index (χ4v) is 2.76. The quantitative estimate of drug-likeness (QED) is 0.684. The Morgan fingerprint density at radius 3 is 2.56 bits per heavy atom. The molecule has 1 atom stereocenters. The smallest absolute Gasteiger partial charge is 0.260 e. The van der Waals surface area contributed by atoms with Gasteiger partial charge in [0.15, 0.2) is 6.10 Å². The van der Waals surface area contributed by atoms with Gasteiger partial charge in [0.25, 0.3) is 5.91 Å². The Bertz CT molecular complexity index is 783. The molecular formula is C22H28ClNO3. The molecule has 0 unspecified atom stereocenters. The first-order valence-corrected chi connectivity index (χ1v) is 9.49. The van der Waals surface area contributed by atoms with E-state index < -0.39 is 6.10 Å². The molecule has 0 aliphatic heterocycles. The number of nitrogens with one attached hydrogen (secondary N) is 1. The lowest BCUT2D eigenvalue weighted by Gasteiger charge is -2.22. The van der Waals surface area contributed by atoms with Crippen LogP contribution in [0.4, 0.5) is 0 Å². The molecule has 27 heavy (non-hydrogen) atoms. The minimum atomic E-state index is -0.604. The summed E-state index contributed by atoms with van der Waals surface area (Å²) in [6.07, 6.45) is -0.604. The van der Waals surface area contributed by atoms with Crippen LogP contribution in [0.25, 0.3) is 0 Å². The van der Waals surface area contributed by atoms with Crippen molar-refractivity contribution in [2.75, 3.05) is 13.2 Å². The molecule has 0 aliphatic rings. The Morgan fingerprint density at radius 1 is 1.19 bits per heavy atom. The zero-order valence-corrected chi connectivity index (χ0v) is 17.4. The van der Waals surface area contributed by atoms with Gasteiger partial charge in [-0.05, 0) is 54.7 Å². The molecule has 0 bridgehead atoms. The summed E-state index contributed by atoms with van der Waals surface area (Å²) in [5.41, 5.74) is 2.05. The van der Waals surface area contributed by atoms with Gasteiger partial charge < -0.3 is 14.8 Å². The zero-order chi connectivity index (χ0) is 20.0. The summed E-state index contributed by atoms with van der Waals surface area (Å²) in [5, 5.41) is 3.52. The number of rotatable bonds is 7. The van der Waals surface area contributed by atoms with Crippen molar-refractivity contribution in [2.24, 2.45) is 0 Å². The van der Waals surface area contributed by atoms with Crippen LogP contribution in [-0.4, -0.2) is 25.2 Å². The van der Waals surface area contributed by atoms with Gasteiger partial charge in [-0.3, -0.25) is 4.79 Å². The predicted molar refractivity (Wildman–Crippen MR) is 110 cm³/mol. The first-order valence-electron chi connectivity index (χ1n) is 9.11. The van der Waals surface area contributed by atoms with Gasteiger partial charge in [-0.15, -0.1) is 0 Å². The second-order valence-corrected chi connectivity index (χ2v) is 7.96. The molecule has 0 saturated heterocycles. The summed E-state index contributed by atoms with van der Waals surface area (Å²) in [7, 11) is 0. The van der Waals surface area contributed by atoms with Crippen LogP contribution in [0.3, 0.4) is 0 Å². The average Bonchev–Trinajstić information content (AvgIpc) is 2.61. The molecule has 1 amide bonds. The van der Waals surface area contributed by atoms with Gasteiger partial charge in [0, 0.05) is 5.02 Å². The van der Waals surface area contributed by atoms with Crippen molar-refractivity contribution in [1.29, 1.82) is 0 Å². The fourth-order valence-electron chi connectivity index (χ4n) is 2.64. The highest BCUT2D eigenvalue weighted by Crippen LogP contribution is 2.30. The van der Waals surface area contributed by atoms with Gasteiger partial charge in [0.05, 0.1) is 6.54 Å². The Morgan fingerprint density at radius 2 is 1.89 bits per heavy atom. The second kappa shape index (κ2) is 9.14. The van der Waals surface area contributed by atoms with Gasteiger partial charge >= 0.3 is 0 Å². The molecular weight excluding hydrogens is 362 g/mol. The number of hydrogen-bond acceptors (Lipinski definition) is 3. The van der Waals surface area contributed by atoms with E-state index in [2.05, 4.69) is 32.2 Å². The van der Waals surface area contributed by atoms with Crippen LogP contribution in [-0.2, 0) is 10.2 Å². The lowest BCUT2D eigenvalue weighted by molar-refractivity contribution is -0.127. The van der Waals surface area contributed by atoms with Crippen molar-refractivity contribution in [3.05, 3.63) is 58.6 Å². The third kappa shape index (κ3) is 6.17. The first-order chi connectivity index (χ1) is 12.7. The summed E-state index contributed by atoms with van der Waals surface area (Å²) < 4.78 is 11.6. The Balaban J connectivity index is 1.81. The van der Waals surface area contributed by atoms with Crippen LogP contribution in [0.2, 0.25) is 5.02 Å². The summed E-state index contributed by atoms with van der Waals surface area (Å²) in [4.78, 5) is 12.2. The van der Waals surface area contributed by atoms with Crippen LogP contribution in [0.15, 0.2) is 42.5 Å². The van der Waals surface area contributed by atoms with E-state index in [4.69, 9.17) is 21.1 Å². The first kappa shape index (κ1) is 21.1. The van der Waals surface area contributed by atoms with E-state index in [0.29, 0.717) is 23.9 Å². The molecule has 0 heterocycles. The SMILES string of the molecule is Cc1cc(O[C@H](C)C(=O)NCCOc2ccccc2C(C)(C)C)ccc1Cl. The van der Waals surface area contributed by atoms with E-state index in [0.717, 1.165) is 16.9 Å². The van der Waals surface area contributed by atoms with Gasteiger partial charge in [-0.2, -0.15) is 0 Å². The van der Waals surface area contributed by atoms with Crippen molar-refractivity contribution < 1.29 is 14.3 Å². The Kier molecular flexibility index (Phi) is 7.14. The van der Waals surface area contributed by atoms with Gasteiger partial charge in [-0.25, -0.2) is 0 Å². The number of carbonyl (C=O) groups excluding carboxylic acids is 1. The number of ether oxygens (including phenoxy) is 2. The number of halogens is 1. The maximum absolute atomic E-state index is 12.2. The molecule has 146 valence electrons. The molecule has 5 heteroatoms. The van der Waals surface area contributed by atoms with Gasteiger partial charge in [0.1, 0.15) is 18.1 Å². The van der Waals surface area contributed by atoms with Gasteiger partial charge in [0.2, 0.25) is 0 Å². The molecule has 2 aromatic carbocycles. The molecule has 0 saturated carbocycles. The maximum atomic E-state index is 12.2. The van der Waals surface area contributed by atoms with Crippen LogP contribution in [0.5, 0.6) is 11.5 Å². The molecule has 2 aromatic rings. The highest BCUT2D eigenvalue weighted by Gasteiger charge is 2.18. The van der Waals surface area contributed by atoms with Crippen LogP contribution >= 0.6 is 11.6 Å². The Hall–Kier alpha value is -2.20. The summed E-state index contributed by atoms with van der Waals surface area (Å²) in [5.74, 6) is 1.28. The number of benzene rings is 2. The van der Waals surface area contributed by atoms with Gasteiger partial charge in [-0.1, -0.05) is 50.6 Å². The third-order valence-electron chi connectivity index (χ3n) is 4.17. The number of hydrogen-bond donors (Lipinski definition) is 1. The molecule has 0 spiro atoms. The maximum Gasteiger partial charge on any atom is 0.260 e. The van der Waals surface area contributed by atoms with E-state index in [9.17, 15) is 4.79 Å². The van der Waals surface area contributed by atoms with E-state index >= 15 is 0 Å². The summed E-state index contributed by atoms with van der Waals surface area (Å²) >= 11 is 6.01. The van der Waals surface area contributed by atoms with Crippen LogP contribution in [0.1, 0.15) is 38.8 Å². The molecule has 1 N–H and O–H groups in total. The van der Waals surface area contributed by atoms with Crippen molar-refractivity contribution in [3.8, 4) is 11.5 Å². The molecule has 2 rings (SSSR count). The van der Waals surface area contributed by atoms with Crippen LogP contribution in [0, 0.1) is 6.92 Å². The molecule has 0 aromatic heterocycles. The van der Waals surface area contributed by atoms with E-state index in [1.165, 1.54) is 0 Å². The normalized spacial score (nSPS) is 12.4.